The summed E-state index contributed by atoms with van der Waals surface area (Å²) in [6.07, 6.45) is 6.00. The van der Waals surface area contributed by atoms with Gasteiger partial charge in [-0.3, -0.25) is 9.58 Å². The van der Waals surface area contributed by atoms with Crippen molar-refractivity contribution < 1.29 is 9.13 Å². The van der Waals surface area contributed by atoms with E-state index in [1.807, 2.05) is 43.0 Å². The molecule has 11 nitrogen and oxygen atoms in total. The van der Waals surface area contributed by atoms with Crippen molar-refractivity contribution in [2.24, 2.45) is 14.1 Å². The summed E-state index contributed by atoms with van der Waals surface area (Å²) in [6, 6.07) is 7.99. The largest absolute Gasteiger partial charge is 0.477 e. The summed E-state index contributed by atoms with van der Waals surface area (Å²) in [5.41, 5.74) is 4.60. The first-order valence-corrected chi connectivity index (χ1v) is 13.0. The first-order valence-electron chi connectivity index (χ1n) is 13.0. The Kier molecular flexibility index (Phi) is 6.47. The minimum absolute atomic E-state index is 0.0422. The fraction of sp³-hybridized carbons (Fsp3) is 0.370. The lowest BCUT2D eigenvalue weighted by Gasteiger charge is -2.16. The topological polar surface area (TPSA) is 104 Å². The van der Waals surface area contributed by atoms with E-state index in [4.69, 9.17) is 14.8 Å². The van der Waals surface area contributed by atoms with Crippen LogP contribution in [0.1, 0.15) is 25.1 Å². The molecule has 0 saturated carbocycles. The fourth-order valence-corrected chi connectivity index (χ4v) is 4.96. The standard InChI is InChI=1S/C27H31FN10O/c1-17-8-12-39-27-20(15-31-37(27)4)26-29-10-7-23(33-26)32-24-13-22-19(14-30-24)25(34-38(17)22)21-6-5-18(36(21)3)16-35(2)11-9-28/h5-7,10,13-15,17H,8-9,11-12,16H2,1-4H3,(H,29,30,32,33)/t17-/m0/s1. The van der Waals surface area contributed by atoms with Gasteiger partial charge in [-0.15, -0.1) is 0 Å². The van der Waals surface area contributed by atoms with Crippen molar-refractivity contribution in [2.45, 2.75) is 25.9 Å². The van der Waals surface area contributed by atoms with Gasteiger partial charge in [0.1, 0.15) is 29.6 Å². The van der Waals surface area contributed by atoms with Gasteiger partial charge in [-0.25, -0.2) is 24.0 Å². The highest BCUT2D eigenvalue weighted by molar-refractivity contribution is 5.93. The third-order valence-corrected chi connectivity index (χ3v) is 7.19. The lowest BCUT2D eigenvalue weighted by molar-refractivity contribution is 0.260. The Morgan fingerprint density at radius 3 is 2.87 bits per heavy atom. The number of anilines is 2. The Morgan fingerprint density at radius 1 is 1.15 bits per heavy atom. The number of fused-ring (bicyclic) bond motifs is 5. The second-order valence-electron chi connectivity index (χ2n) is 9.94. The Labute approximate surface area is 225 Å². The molecule has 0 amide bonds. The van der Waals surface area contributed by atoms with Crippen LogP contribution in [-0.2, 0) is 20.6 Å². The van der Waals surface area contributed by atoms with Gasteiger partial charge >= 0.3 is 0 Å². The number of halogens is 1. The third-order valence-electron chi connectivity index (χ3n) is 7.19. The van der Waals surface area contributed by atoms with Gasteiger partial charge < -0.3 is 14.6 Å². The van der Waals surface area contributed by atoms with Crippen LogP contribution in [0, 0.1) is 0 Å². The minimum atomic E-state index is -0.370. The molecule has 0 unspecified atom stereocenters. The predicted molar refractivity (Wildman–Crippen MR) is 147 cm³/mol. The van der Waals surface area contributed by atoms with E-state index in [9.17, 15) is 4.39 Å². The molecular formula is C27H31FN10O. The first kappa shape index (κ1) is 25.0. The van der Waals surface area contributed by atoms with E-state index in [0.29, 0.717) is 43.0 Å². The second kappa shape index (κ2) is 10.1. The van der Waals surface area contributed by atoms with Crippen LogP contribution in [0.4, 0.5) is 16.0 Å². The van der Waals surface area contributed by atoms with Gasteiger partial charge in [-0.1, -0.05) is 0 Å². The number of nitrogens with zero attached hydrogens (tertiary/aromatic N) is 9. The zero-order valence-corrected chi connectivity index (χ0v) is 22.5. The summed E-state index contributed by atoms with van der Waals surface area (Å²) >= 11 is 0. The van der Waals surface area contributed by atoms with Gasteiger partial charge in [0.25, 0.3) is 0 Å². The van der Waals surface area contributed by atoms with E-state index >= 15 is 0 Å². The van der Waals surface area contributed by atoms with Crippen molar-refractivity contribution in [3.05, 3.63) is 48.5 Å². The molecule has 1 aliphatic heterocycles. The monoisotopic (exact) mass is 530 g/mol. The number of rotatable bonds is 5. The molecule has 202 valence electrons. The minimum Gasteiger partial charge on any atom is -0.477 e. The molecule has 4 bridgehead atoms. The average Bonchev–Trinajstić information content (AvgIpc) is 3.59. The number of aryl methyl sites for hydroxylation is 1. The molecule has 1 atom stereocenters. The Bertz CT molecular complexity index is 1640. The molecule has 1 N–H and O–H groups in total. The van der Waals surface area contributed by atoms with Gasteiger partial charge in [0.05, 0.1) is 30.1 Å². The number of aromatic nitrogens is 8. The zero-order chi connectivity index (χ0) is 27.1. The summed E-state index contributed by atoms with van der Waals surface area (Å²) in [4.78, 5) is 15.8. The molecule has 0 spiro atoms. The van der Waals surface area contributed by atoms with Crippen molar-refractivity contribution in [2.75, 3.05) is 32.2 Å². The van der Waals surface area contributed by atoms with Crippen LogP contribution >= 0.6 is 0 Å². The van der Waals surface area contributed by atoms with Crippen molar-refractivity contribution in [1.29, 1.82) is 0 Å². The Hall–Kier alpha value is -4.32. The van der Waals surface area contributed by atoms with Crippen molar-refractivity contribution in [3.8, 4) is 28.7 Å². The Balaban J connectivity index is 1.43. The summed E-state index contributed by atoms with van der Waals surface area (Å²) in [5.74, 6) is 2.42. The van der Waals surface area contributed by atoms with Gasteiger partial charge in [0.15, 0.2) is 5.82 Å². The van der Waals surface area contributed by atoms with Crippen molar-refractivity contribution in [1.82, 2.24) is 44.0 Å². The van der Waals surface area contributed by atoms with Crippen LogP contribution < -0.4 is 10.1 Å². The van der Waals surface area contributed by atoms with Crippen LogP contribution in [-0.4, -0.2) is 70.9 Å². The molecule has 0 fully saturated rings. The molecule has 0 aliphatic carbocycles. The van der Waals surface area contributed by atoms with E-state index < -0.39 is 0 Å². The maximum absolute atomic E-state index is 12.8. The molecule has 6 heterocycles. The average molecular weight is 531 g/mol. The van der Waals surface area contributed by atoms with Gasteiger partial charge in [-0.2, -0.15) is 10.2 Å². The molecule has 39 heavy (non-hydrogen) atoms. The van der Waals surface area contributed by atoms with Crippen molar-refractivity contribution in [3.63, 3.8) is 0 Å². The molecular weight excluding hydrogens is 499 g/mol. The van der Waals surface area contributed by atoms with Gasteiger partial charge in [-0.05, 0) is 32.2 Å². The number of hydrogen-bond donors (Lipinski definition) is 1. The van der Waals surface area contributed by atoms with Crippen LogP contribution in [0.2, 0.25) is 0 Å². The van der Waals surface area contributed by atoms with Gasteiger partial charge in [0.2, 0.25) is 5.88 Å². The molecule has 12 heteroatoms. The molecule has 5 aromatic rings. The molecule has 0 saturated heterocycles. The van der Waals surface area contributed by atoms with Crippen molar-refractivity contribution >= 4 is 22.5 Å². The highest BCUT2D eigenvalue weighted by atomic mass is 19.1. The number of alkyl halides is 1. The van der Waals surface area contributed by atoms with Crippen LogP contribution in [0.15, 0.2) is 42.9 Å². The highest BCUT2D eigenvalue weighted by Gasteiger charge is 2.22. The van der Waals surface area contributed by atoms with Gasteiger partial charge in [0, 0.05) is 63.1 Å². The number of pyridine rings is 1. The Morgan fingerprint density at radius 2 is 2.03 bits per heavy atom. The van der Waals surface area contributed by atoms with Crippen LogP contribution in [0.25, 0.3) is 33.7 Å². The maximum Gasteiger partial charge on any atom is 0.222 e. The number of ether oxygens (including phenoxy) is 1. The van der Waals surface area contributed by atoms with E-state index in [2.05, 4.69) is 44.0 Å². The van der Waals surface area contributed by atoms with E-state index in [-0.39, 0.29) is 12.7 Å². The molecule has 0 aromatic carbocycles. The van der Waals surface area contributed by atoms with E-state index in [1.165, 1.54) is 0 Å². The number of nitrogens with one attached hydrogen (secondary N) is 1. The number of hydrogen-bond acceptors (Lipinski definition) is 8. The third kappa shape index (κ3) is 4.60. The predicted octanol–water partition coefficient (Wildman–Crippen LogP) is 4.12. The quantitative estimate of drug-likeness (QED) is 0.362. The zero-order valence-electron chi connectivity index (χ0n) is 22.5. The summed E-state index contributed by atoms with van der Waals surface area (Å²) in [6.45, 7) is 3.28. The molecule has 1 aliphatic rings. The molecule has 0 radical (unpaired) electrons. The fourth-order valence-electron chi connectivity index (χ4n) is 4.96. The van der Waals surface area contributed by atoms with E-state index in [1.54, 1.807) is 23.1 Å². The lowest BCUT2D eigenvalue weighted by atomic mass is 10.2. The smallest absolute Gasteiger partial charge is 0.222 e. The molecule has 5 aromatic heterocycles. The summed E-state index contributed by atoms with van der Waals surface area (Å²) in [5, 5.41) is 13.7. The maximum atomic E-state index is 12.8. The second-order valence-corrected chi connectivity index (χ2v) is 9.94. The summed E-state index contributed by atoms with van der Waals surface area (Å²) < 4.78 is 24.9. The first-order chi connectivity index (χ1) is 18.9. The lowest BCUT2D eigenvalue weighted by Crippen LogP contribution is -2.21. The van der Waals surface area contributed by atoms with E-state index in [0.717, 1.165) is 40.0 Å². The highest BCUT2D eigenvalue weighted by Crippen LogP contribution is 2.34. The van der Waals surface area contributed by atoms with Crippen LogP contribution in [0.3, 0.4) is 0 Å². The molecule has 6 rings (SSSR count). The normalized spacial score (nSPS) is 15.3. The summed E-state index contributed by atoms with van der Waals surface area (Å²) in [7, 11) is 5.78. The SMILES string of the molecule is C[C@H]1CCOc2c(cnn2C)-c2nccc(n2)Nc2cc3c(cn2)c(-c2ccc(CN(C)CCF)n2C)nn31. The van der Waals surface area contributed by atoms with Crippen LogP contribution in [0.5, 0.6) is 5.88 Å².